The fourth-order valence-corrected chi connectivity index (χ4v) is 6.55. The highest BCUT2D eigenvalue weighted by Gasteiger charge is 2.25. The van der Waals surface area contributed by atoms with E-state index in [0.29, 0.717) is 0 Å². The second-order valence-electron chi connectivity index (χ2n) is 10.2. The van der Waals surface area contributed by atoms with Crippen LogP contribution in [0.4, 0.5) is 0 Å². The maximum Gasteiger partial charge on any atom is -0.00172 e. The molecule has 8 rings (SSSR count). The van der Waals surface area contributed by atoms with Crippen LogP contribution < -0.4 is 0 Å². The first-order chi connectivity index (χ1) is 17.7. The third kappa shape index (κ3) is 2.54. The molecule has 36 heavy (non-hydrogen) atoms. The van der Waals surface area contributed by atoms with Gasteiger partial charge in [-0.25, -0.2) is 0 Å². The summed E-state index contributed by atoms with van der Waals surface area (Å²) in [5.74, 6) is 0. The molecule has 0 unspecified atom stereocenters. The second-order valence-corrected chi connectivity index (χ2v) is 10.2. The van der Waals surface area contributed by atoms with Gasteiger partial charge in [0.15, 0.2) is 0 Å². The van der Waals surface area contributed by atoms with Crippen LogP contribution in [0.5, 0.6) is 0 Å². The number of fused-ring (bicyclic) bond motifs is 8. The minimum atomic E-state index is 1.28. The lowest BCUT2D eigenvalue weighted by atomic mass is 9.87. The Labute approximate surface area is 210 Å². The molecule has 0 aliphatic heterocycles. The van der Waals surface area contributed by atoms with Crippen molar-refractivity contribution in [2.45, 2.75) is 13.8 Å². The molecule has 7 aromatic rings. The molecule has 0 bridgehead atoms. The molecule has 1 aliphatic carbocycles. The SMILES string of the molecule is Cc1ccc2c(c1)c(-c1cccc3ccccc13)cc1c3ccc(C)c4c3c(cc21)-c1ccccc1-4. The molecule has 0 saturated carbocycles. The molecule has 168 valence electrons. The molecule has 0 N–H and O–H groups in total. The molecule has 0 amide bonds. The third-order valence-corrected chi connectivity index (χ3v) is 8.16. The Morgan fingerprint density at radius 1 is 0.389 bits per heavy atom. The van der Waals surface area contributed by atoms with Crippen LogP contribution in [0.3, 0.4) is 0 Å². The summed E-state index contributed by atoms with van der Waals surface area (Å²) in [5.41, 5.74) is 10.7. The smallest absolute Gasteiger partial charge is 0.00172 e. The third-order valence-electron chi connectivity index (χ3n) is 8.16. The van der Waals surface area contributed by atoms with E-state index in [4.69, 9.17) is 0 Å². The largest absolute Gasteiger partial charge is 0.0616 e. The second kappa shape index (κ2) is 7.06. The molecule has 0 heterocycles. The lowest BCUT2D eigenvalue weighted by molar-refractivity contribution is 1.51. The van der Waals surface area contributed by atoms with Crippen LogP contribution >= 0.6 is 0 Å². The molecular weight excluding hydrogens is 432 g/mol. The minimum absolute atomic E-state index is 1.28. The zero-order valence-corrected chi connectivity index (χ0v) is 20.4. The zero-order valence-electron chi connectivity index (χ0n) is 20.4. The molecule has 0 saturated heterocycles. The molecule has 0 heteroatoms. The molecule has 1 aliphatic rings. The highest BCUT2D eigenvalue weighted by molar-refractivity contribution is 6.29. The summed E-state index contributed by atoms with van der Waals surface area (Å²) < 4.78 is 0. The summed E-state index contributed by atoms with van der Waals surface area (Å²) in [6.45, 7) is 4.44. The molecule has 0 radical (unpaired) electrons. The van der Waals surface area contributed by atoms with Gasteiger partial charge in [0.05, 0.1) is 0 Å². The number of hydrogen-bond donors (Lipinski definition) is 0. The predicted molar refractivity (Wildman–Crippen MR) is 156 cm³/mol. The van der Waals surface area contributed by atoms with Gasteiger partial charge in [0.25, 0.3) is 0 Å². The number of hydrogen-bond acceptors (Lipinski definition) is 0. The summed E-state index contributed by atoms with van der Waals surface area (Å²) in [7, 11) is 0. The first kappa shape index (κ1) is 19.8. The minimum Gasteiger partial charge on any atom is -0.0616 e. The Morgan fingerprint density at radius 2 is 1.08 bits per heavy atom. The Morgan fingerprint density at radius 3 is 2.00 bits per heavy atom. The van der Waals surface area contributed by atoms with E-state index in [1.807, 2.05) is 0 Å². The molecule has 7 aromatic carbocycles. The van der Waals surface area contributed by atoms with Crippen molar-refractivity contribution in [3.63, 3.8) is 0 Å². The van der Waals surface area contributed by atoms with Crippen molar-refractivity contribution < 1.29 is 0 Å². The van der Waals surface area contributed by atoms with E-state index in [0.717, 1.165) is 0 Å². The van der Waals surface area contributed by atoms with Gasteiger partial charge in [0, 0.05) is 0 Å². The molecule has 0 aromatic heterocycles. The topological polar surface area (TPSA) is 0 Å². The summed E-state index contributed by atoms with van der Waals surface area (Å²) in [6, 6.07) is 40.8. The number of rotatable bonds is 1. The van der Waals surface area contributed by atoms with Crippen LogP contribution in [0.2, 0.25) is 0 Å². The Bertz CT molecular complexity index is 2050. The first-order valence-corrected chi connectivity index (χ1v) is 12.7. The van der Waals surface area contributed by atoms with Crippen LogP contribution in [-0.2, 0) is 0 Å². The van der Waals surface area contributed by atoms with Crippen molar-refractivity contribution in [1.29, 1.82) is 0 Å². The lowest BCUT2D eigenvalue weighted by Crippen LogP contribution is -1.90. The van der Waals surface area contributed by atoms with E-state index in [2.05, 4.69) is 123 Å². The van der Waals surface area contributed by atoms with Gasteiger partial charge in [0.2, 0.25) is 0 Å². The van der Waals surface area contributed by atoms with Gasteiger partial charge in [0.1, 0.15) is 0 Å². The van der Waals surface area contributed by atoms with Crippen LogP contribution in [0, 0.1) is 13.8 Å². The van der Waals surface area contributed by atoms with E-state index < -0.39 is 0 Å². The standard InChI is InChI=1S/C36H24/c1-21-14-16-27-30(18-21)31(25-13-7-9-23-8-3-4-10-24(23)25)19-33-29-17-15-22(2)35-28-12-6-5-11-26(28)34(36(29)35)20-32(27)33/h3-20H,1-2H3. The average molecular weight is 457 g/mol. The maximum atomic E-state index is 2.46. The van der Waals surface area contributed by atoms with Crippen LogP contribution in [0.25, 0.3) is 76.5 Å². The Kier molecular flexibility index (Phi) is 3.89. The zero-order chi connectivity index (χ0) is 24.0. The van der Waals surface area contributed by atoms with Gasteiger partial charge in [-0.15, -0.1) is 0 Å². The normalized spacial score (nSPS) is 12.2. The van der Waals surface area contributed by atoms with E-state index in [-0.39, 0.29) is 0 Å². The van der Waals surface area contributed by atoms with Crippen LogP contribution in [0.15, 0.2) is 109 Å². The van der Waals surface area contributed by atoms with Gasteiger partial charge in [-0.05, 0) is 108 Å². The Balaban J connectivity index is 1.60. The van der Waals surface area contributed by atoms with E-state index in [1.165, 1.54) is 87.6 Å². The van der Waals surface area contributed by atoms with Gasteiger partial charge < -0.3 is 0 Å². The molecule has 0 atom stereocenters. The van der Waals surface area contributed by atoms with Crippen molar-refractivity contribution in [3.05, 3.63) is 120 Å². The monoisotopic (exact) mass is 456 g/mol. The van der Waals surface area contributed by atoms with Crippen LogP contribution in [-0.4, -0.2) is 0 Å². The van der Waals surface area contributed by atoms with Crippen molar-refractivity contribution in [2.24, 2.45) is 0 Å². The fraction of sp³-hybridized carbons (Fsp3) is 0.0556. The van der Waals surface area contributed by atoms with Gasteiger partial charge in [-0.2, -0.15) is 0 Å². The highest BCUT2D eigenvalue weighted by Crippen LogP contribution is 2.52. The summed E-state index contributed by atoms with van der Waals surface area (Å²) in [5, 5.41) is 10.7. The summed E-state index contributed by atoms with van der Waals surface area (Å²) in [6.07, 6.45) is 0. The van der Waals surface area contributed by atoms with Gasteiger partial charge in [-0.3, -0.25) is 0 Å². The van der Waals surface area contributed by atoms with Crippen molar-refractivity contribution in [2.75, 3.05) is 0 Å². The highest BCUT2D eigenvalue weighted by atomic mass is 14.3. The lowest BCUT2D eigenvalue weighted by Gasteiger charge is -2.16. The van der Waals surface area contributed by atoms with Crippen LogP contribution in [0.1, 0.15) is 11.1 Å². The van der Waals surface area contributed by atoms with Crippen molar-refractivity contribution in [1.82, 2.24) is 0 Å². The fourth-order valence-electron chi connectivity index (χ4n) is 6.55. The number of aryl methyl sites for hydroxylation is 2. The summed E-state index contributed by atoms with van der Waals surface area (Å²) >= 11 is 0. The number of benzene rings is 7. The van der Waals surface area contributed by atoms with E-state index >= 15 is 0 Å². The van der Waals surface area contributed by atoms with Crippen molar-refractivity contribution >= 4 is 43.1 Å². The van der Waals surface area contributed by atoms with E-state index in [9.17, 15) is 0 Å². The van der Waals surface area contributed by atoms with E-state index in [1.54, 1.807) is 0 Å². The summed E-state index contributed by atoms with van der Waals surface area (Å²) in [4.78, 5) is 0. The molecule has 0 fully saturated rings. The Hall–Kier alpha value is -4.42. The van der Waals surface area contributed by atoms with Gasteiger partial charge in [-0.1, -0.05) is 103 Å². The quantitative estimate of drug-likeness (QED) is 0.216. The van der Waals surface area contributed by atoms with Crippen molar-refractivity contribution in [3.8, 4) is 33.4 Å². The molecule has 0 nitrogen and oxygen atoms in total. The predicted octanol–water partition coefficient (Wildman–Crippen LogP) is 10.2. The average Bonchev–Trinajstić information content (AvgIpc) is 3.25. The maximum absolute atomic E-state index is 2.46. The molecule has 0 spiro atoms. The molecular formula is C36H24. The first-order valence-electron chi connectivity index (χ1n) is 12.7. The van der Waals surface area contributed by atoms with Gasteiger partial charge >= 0.3 is 0 Å².